The van der Waals surface area contributed by atoms with Crippen molar-refractivity contribution in [2.45, 2.75) is 12.3 Å². The Bertz CT molecular complexity index is 380. The predicted octanol–water partition coefficient (Wildman–Crippen LogP) is 3.24. The van der Waals surface area contributed by atoms with E-state index in [0.29, 0.717) is 0 Å². The van der Waals surface area contributed by atoms with Crippen molar-refractivity contribution in [3.8, 4) is 0 Å². The summed E-state index contributed by atoms with van der Waals surface area (Å²) in [4.78, 5) is 0. The van der Waals surface area contributed by atoms with Crippen LogP contribution in [0.1, 0.15) is 12.0 Å². The number of nitrogens with two attached hydrogens (primary N) is 1. The Hall–Kier alpha value is -1.48. The van der Waals surface area contributed by atoms with E-state index in [1.54, 1.807) is 6.08 Å². The second-order valence-electron chi connectivity index (χ2n) is 3.32. The Morgan fingerprint density at radius 2 is 1.75 bits per heavy atom. The molecule has 0 saturated heterocycles. The van der Waals surface area contributed by atoms with E-state index in [1.807, 2.05) is 30.3 Å². The molecule has 1 aromatic rings. The second-order valence-corrected chi connectivity index (χ2v) is 3.32. The first-order chi connectivity index (χ1) is 7.67. The molecule has 1 aromatic carbocycles. The third-order valence-corrected chi connectivity index (χ3v) is 2.21. The summed E-state index contributed by atoms with van der Waals surface area (Å²) in [6.07, 6.45) is 3.83. The quantitative estimate of drug-likeness (QED) is 0.777. The van der Waals surface area contributed by atoms with E-state index in [0.717, 1.165) is 17.2 Å². The van der Waals surface area contributed by atoms with Gasteiger partial charge in [0.15, 0.2) is 0 Å². The molecule has 0 heterocycles. The molecule has 0 amide bonds. The van der Waals surface area contributed by atoms with Gasteiger partial charge < -0.3 is 5.73 Å². The van der Waals surface area contributed by atoms with Gasteiger partial charge in [-0.2, -0.15) is 0 Å². The fourth-order valence-corrected chi connectivity index (χ4v) is 1.44. The van der Waals surface area contributed by atoms with Crippen LogP contribution in [0.5, 0.6) is 0 Å². The van der Waals surface area contributed by atoms with Crippen LogP contribution >= 0.6 is 0 Å². The number of benzene rings is 1. The number of halogens is 2. The molecular formula is C13H15F2N. The van der Waals surface area contributed by atoms with Gasteiger partial charge in [0.2, 0.25) is 0 Å². The molecule has 0 radical (unpaired) electrons. The topological polar surface area (TPSA) is 26.0 Å². The minimum atomic E-state index is -2.67. The standard InChI is InChI=1S/C12H10F2.CH5N/c13-12(14)8-6-11(7-9-12)10-4-2-1-3-5-10;1-2/h1-8H,9H2;2H2,1H3. The molecular weight excluding hydrogens is 208 g/mol. The summed E-state index contributed by atoms with van der Waals surface area (Å²) >= 11 is 0. The van der Waals surface area contributed by atoms with Crippen molar-refractivity contribution >= 4 is 5.57 Å². The van der Waals surface area contributed by atoms with E-state index >= 15 is 0 Å². The zero-order valence-electron chi connectivity index (χ0n) is 9.16. The van der Waals surface area contributed by atoms with E-state index in [2.05, 4.69) is 5.73 Å². The molecule has 2 N–H and O–H groups in total. The highest BCUT2D eigenvalue weighted by Crippen LogP contribution is 2.30. The van der Waals surface area contributed by atoms with Gasteiger partial charge in [-0.3, -0.25) is 0 Å². The Morgan fingerprint density at radius 1 is 1.12 bits per heavy atom. The number of hydrogen-bond donors (Lipinski definition) is 1. The summed E-state index contributed by atoms with van der Waals surface area (Å²) < 4.78 is 25.5. The molecule has 0 unspecified atom stereocenters. The van der Waals surface area contributed by atoms with Gasteiger partial charge in [-0.15, -0.1) is 0 Å². The van der Waals surface area contributed by atoms with E-state index in [-0.39, 0.29) is 6.42 Å². The van der Waals surface area contributed by atoms with Gasteiger partial charge in [-0.05, 0) is 24.3 Å². The highest BCUT2D eigenvalue weighted by atomic mass is 19.3. The Labute approximate surface area is 94.3 Å². The normalized spacial score (nSPS) is 17.1. The first-order valence-corrected chi connectivity index (χ1v) is 5.08. The Balaban J connectivity index is 0.000000606. The third kappa shape index (κ3) is 3.28. The van der Waals surface area contributed by atoms with Gasteiger partial charge in [0.1, 0.15) is 0 Å². The molecule has 0 atom stereocenters. The van der Waals surface area contributed by atoms with E-state index in [9.17, 15) is 8.78 Å². The van der Waals surface area contributed by atoms with Crippen molar-refractivity contribution in [2.24, 2.45) is 5.73 Å². The largest absolute Gasteiger partial charge is 0.333 e. The smallest absolute Gasteiger partial charge is 0.270 e. The molecule has 86 valence electrons. The molecule has 0 saturated carbocycles. The first-order valence-electron chi connectivity index (χ1n) is 5.08. The molecule has 16 heavy (non-hydrogen) atoms. The minimum Gasteiger partial charge on any atom is -0.333 e. The van der Waals surface area contributed by atoms with E-state index in [1.165, 1.54) is 13.1 Å². The molecule has 2 rings (SSSR count). The van der Waals surface area contributed by atoms with Gasteiger partial charge in [0, 0.05) is 6.42 Å². The lowest BCUT2D eigenvalue weighted by molar-refractivity contribution is 0.0579. The van der Waals surface area contributed by atoms with Gasteiger partial charge in [-0.1, -0.05) is 42.5 Å². The maximum absolute atomic E-state index is 12.8. The van der Waals surface area contributed by atoms with Crippen LogP contribution in [0.25, 0.3) is 5.57 Å². The molecule has 0 aliphatic heterocycles. The zero-order valence-corrected chi connectivity index (χ0v) is 9.16. The molecule has 0 fully saturated rings. The van der Waals surface area contributed by atoms with E-state index < -0.39 is 5.92 Å². The van der Waals surface area contributed by atoms with Crippen LogP contribution in [0.2, 0.25) is 0 Å². The summed E-state index contributed by atoms with van der Waals surface area (Å²) in [6, 6.07) is 9.54. The minimum absolute atomic E-state index is 0.201. The SMILES string of the molecule is CN.FC1(F)C=CC(c2ccccc2)=CC1. The zero-order chi connectivity index (χ0) is 12.0. The van der Waals surface area contributed by atoms with Gasteiger partial charge in [0.25, 0.3) is 5.92 Å². The Morgan fingerprint density at radius 3 is 2.25 bits per heavy atom. The predicted molar refractivity (Wildman–Crippen MR) is 63.2 cm³/mol. The fourth-order valence-electron chi connectivity index (χ4n) is 1.44. The fraction of sp³-hybridized carbons (Fsp3) is 0.231. The molecule has 1 aliphatic carbocycles. The van der Waals surface area contributed by atoms with E-state index in [4.69, 9.17) is 0 Å². The lowest BCUT2D eigenvalue weighted by atomic mass is 9.98. The average molecular weight is 223 g/mol. The summed E-state index contributed by atoms with van der Waals surface area (Å²) in [5.74, 6) is -2.67. The highest BCUT2D eigenvalue weighted by molar-refractivity contribution is 5.75. The van der Waals surface area contributed by atoms with Gasteiger partial charge >= 0.3 is 0 Å². The van der Waals surface area contributed by atoms with Crippen molar-refractivity contribution in [3.63, 3.8) is 0 Å². The maximum atomic E-state index is 12.8. The number of alkyl halides is 2. The number of allylic oxidation sites excluding steroid dienone is 4. The molecule has 0 bridgehead atoms. The van der Waals surface area contributed by atoms with Crippen LogP contribution in [0, 0.1) is 0 Å². The summed E-state index contributed by atoms with van der Waals surface area (Å²) in [7, 11) is 1.50. The lowest BCUT2D eigenvalue weighted by Gasteiger charge is -2.15. The van der Waals surface area contributed by atoms with Crippen LogP contribution in [0.15, 0.2) is 48.6 Å². The first kappa shape index (κ1) is 12.6. The van der Waals surface area contributed by atoms with Crippen molar-refractivity contribution in [1.82, 2.24) is 0 Å². The number of rotatable bonds is 1. The maximum Gasteiger partial charge on any atom is 0.270 e. The van der Waals surface area contributed by atoms with Crippen LogP contribution in [0.3, 0.4) is 0 Å². The highest BCUT2D eigenvalue weighted by Gasteiger charge is 2.26. The van der Waals surface area contributed by atoms with Crippen molar-refractivity contribution in [3.05, 3.63) is 54.1 Å². The van der Waals surface area contributed by atoms with Crippen LogP contribution in [-0.4, -0.2) is 13.0 Å². The average Bonchev–Trinajstić information content (AvgIpc) is 2.33. The van der Waals surface area contributed by atoms with Crippen molar-refractivity contribution in [2.75, 3.05) is 7.05 Å². The van der Waals surface area contributed by atoms with Gasteiger partial charge in [0.05, 0.1) is 0 Å². The molecule has 0 aromatic heterocycles. The van der Waals surface area contributed by atoms with Crippen molar-refractivity contribution < 1.29 is 8.78 Å². The summed E-state index contributed by atoms with van der Waals surface area (Å²) in [5.41, 5.74) is 6.36. The lowest BCUT2D eigenvalue weighted by Crippen LogP contribution is -2.12. The second kappa shape index (κ2) is 5.56. The van der Waals surface area contributed by atoms with Crippen LogP contribution in [-0.2, 0) is 0 Å². The molecule has 1 aliphatic rings. The Kier molecular flexibility index (Phi) is 4.38. The summed E-state index contributed by atoms with van der Waals surface area (Å²) in [6.45, 7) is 0. The van der Waals surface area contributed by atoms with Crippen LogP contribution in [0.4, 0.5) is 8.78 Å². The molecule has 3 heteroatoms. The molecule has 0 spiro atoms. The monoisotopic (exact) mass is 223 g/mol. The summed E-state index contributed by atoms with van der Waals surface area (Å²) in [5, 5.41) is 0. The molecule has 1 nitrogen and oxygen atoms in total. The third-order valence-electron chi connectivity index (χ3n) is 2.21. The van der Waals surface area contributed by atoms with Crippen LogP contribution < -0.4 is 5.73 Å². The van der Waals surface area contributed by atoms with Crippen molar-refractivity contribution in [1.29, 1.82) is 0 Å². The van der Waals surface area contributed by atoms with Gasteiger partial charge in [-0.25, -0.2) is 8.78 Å². The number of hydrogen-bond acceptors (Lipinski definition) is 1.